The first-order chi connectivity index (χ1) is 19.9. The SMILES string of the molecule is Cc1c(COc2cc3c(cc2Cl)CN[C@H](C(=O)O)CCCCNC(=O)c2cncc-3c2)cccc1-c1ccccc1. The first kappa shape index (κ1) is 28.3. The number of carbonyl (C=O) groups is 2. The zero-order valence-electron chi connectivity index (χ0n) is 22.8. The maximum atomic E-state index is 12.8. The van der Waals surface area contributed by atoms with Gasteiger partial charge in [-0.1, -0.05) is 60.1 Å². The van der Waals surface area contributed by atoms with Crippen molar-refractivity contribution >= 4 is 23.5 Å². The predicted octanol–water partition coefficient (Wildman–Crippen LogP) is 6.41. The van der Waals surface area contributed by atoms with Crippen LogP contribution in [0.15, 0.2) is 79.1 Å². The summed E-state index contributed by atoms with van der Waals surface area (Å²) >= 11 is 6.73. The number of ether oxygens (including phenoxy) is 1. The molecular weight excluding hydrogens is 538 g/mol. The summed E-state index contributed by atoms with van der Waals surface area (Å²) in [5.74, 6) is -0.642. The molecule has 7 nitrogen and oxygen atoms in total. The van der Waals surface area contributed by atoms with E-state index in [1.54, 1.807) is 24.5 Å². The zero-order chi connectivity index (χ0) is 28.8. The lowest BCUT2D eigenvalue weighted by molar-refractivity contribution is -0.139. The van der Waals surface area contributed by atoms with Crippen LogP contribution in [0.25, 0.3) is 22.3 Å². The Balaban J connectivity index is 1.48. The topological polar surface area (TPSA) is 101 Å². The lowest BCUT2D eigenvalue weighted by Gasteiger charge is -2.19. The summed E-state index contributed by atoms with van der Waals surface area (Å²) in [4.78, 5) is 29.0. The molecule has 2 bridgehead atoms. The number of amides is 1. The molecule has 3 N–H and O–H groups in total. The highest BCUT2D eigenvalue weighted by Gasteiger charge is 2.20. The number of halogens is 1. The van der Waals surface area contributed by atoms with Crippen LogP contribution in [-0.4, -0.2) is 34.6 Å². The summed E-state index contributed by atoms with van der Waals surface area (Å²) in [5.41, 5.74) is 7.15. The maximum Gasteiger partial charge on any atom is 0.320 e. The van der Waals surface area contributed by atoms with Crippen LogP contribution < -0.4 is 15.4 Å². The van der Waals surface area contributed by atoms with Crippen molar-refractivity contribution in [3.05, 3.63) is 106 Å². The lowest BCUT2D eigenvalue weighted by atomic mass is 9.97. The van der Waals surface area contributed by atoms with Gasteiger partial charge in [0.2, 0.25) is 0 Å². The molecule has 1 aromatic heterocycles. The van der Waals surface area contributed by atoms with Crippen LogP contribution in [0.3, 0.4) is 0 Å². The number of nitrogens with zero attached hydrogens (tertiary/aromatic N) is 1. The monoisotopic (exact) mass is 569 g/mol. The molecule has 41 heavy (non-hydrogen) atoms. The van der Waals surface area contributed by atoms with E-state index in [0.717, 1.165) is 33.4 Å². The van der Waals surface area contributed by atoms with Gasteiger partial charge in [-0.25, -0.2) is 0 Å². The fourth-order valence-electron chi connectivity index (χ4n) is 5.08. The molecule has 210 valence electrons. The van der Waals surface area contributed by atoms with Gasteiger partial charge in [0.05, 0.1) is 10.6 Å². The first-order valence-corrected chi connectivity index (χ1v) is 14.1. The number of benzene rings is 3. The van der Waals surface area contributed by atoms with E-state index in [0.29, 0.717) is 54.3 Å². The standard InChI is InChI=1S/C33H32ClN3O4/c1-21-23(10-7-11-27(21)22-8-3-2-4-9-22)20-41-31-16-28-24-14-26(18-35-17-24)32(38)36-13-6-5-12-30(33(39)40)37-19-25(28)15-29(31)34/h2-4,7-11,14-18,30,37H,5-6,12-13,19-20H2,1H3,(H,36,38)(H,39,40)/t30-/m0/s1. The summed E-state index contributed by atoms with van der Waals surface area (Å²) in [5, 5.41) is 16.2. The summed E-state index contributed by atoms with van der Waals surface area (Å²) in [7, 11) is 0. The van der Waals surface area contributed by atoms with E-state index in [-0.39, 0.29) is 12.5 Å². The molecule has 3 aromatic carbocycles. The minimum atomic E-state index is -0.912. The number of hydrogen-bond donors (Lipinski definition) is 3. The molecule has 1 aliphatic rings. The second-order valence-electron chi connectivity index (χ2n) is 10.2. The van der Waals surface area contributed by atoms with Gasteiger partial charge in [0.15, 0.2) is 0 Å². The average molecular weight is 570 g/mol. The van der Waals surface area contributed by atoms with E-state index in [1.807, 2.05) is 36.4 Å². The lowest BCUT2D eigenvalue weighted by Crippen LogP contribution is -2.36. The number of rotatable bonds is 5. The van der Waals surface area contributed by atoms with Crippen LogP contribution in [-0.2, 0) is 17.9 Å². The van der Waals surface area contributed by atoms with E-state index in [2.05, 4.69) is 40.7 Å². The van der Waals surface area contributed by atoms with Gasteiger partial charge < -0.3 is 20.5 Å². The Labute approximate surface area is 244 Å². The van der Waals surface area contributed by atoms with Crippen molar-refractivity contribution in [2.24, 2.45) is 0 Å². The Hall–Kier alpha value is -4.20. The Morgan fingerprint density at radius 1 is 1.00 bits per heavy atom. The molecule has 1 amide bonds. The molecule has 5 rings (SSSR count). The third-order valence-electron chi connectivity index (χ3n) is 7.43. The van der Waals surface area contributed by atoms with Crippen molar-refractivity contribution in [1.29, 1.82) is 0 Å². The van der Waals surface area contributed by atoms with Gasteiger partial charge >= 0.3 is 5.97 Å². The Kier molecular flexibility index (Phi) is 8.97. The van der Waals surface area contributed by atoms with E-state index in [9.17, 15) is 14.7 Å². The molecule has 0 aliphatic carbocycles. The third kappa shape index (κ3) is 6.76. The number of carbonyl (C=O) groups excluding carboxylic acids is 1. The summed E-state index contributed by atoms with van der Waals surface area (Å²) in [6, 6.07) is 21.1. The predicted molar refractivity (Wildman–Crippen MR) is 160 cm³/mol. The minimum absolute atomic E-state index is 0.218. The Morgan fingerprint density at radius 2 is 1.80 bits per heavy atom. The molecule has 0 spiro atoms. The van der Waals surface area contributed by atoms with Gasteiger partial charge in [-0.2, -0.15) is 0 Å². The molecule has 2 heterocycles. The van der Waals surface area contributed by atoms with Crippen LogP contribution in [0.1, 0.15) is 46.3 Å². The molecule has 1 atom stereocenters. The van der Waals surface area contributed by atoms with Crippen LogP contribution in [0.2, 0.25) is 5.02 Å². The van der Waals surface area contributed by atoms with Crippen molar-refractivity contribution in [2.75, 3.05) is 6.54 Å². The summed E-state index contributed by atoms with van der Waals surface area (Å²) in [6.07, 6.45) is 5.01. The fourth-order valence-corrected chi connectivity index (χ4v) is 5.32. The second-order valence-corrected chi connectivity index (χ2v) is 10.6. The molecule has 0 unspecified atom stereocenters. The van der Waals surface area contributed by atoms with Gasteiger partial charge in [-0.15, -0.1) is 0 Å². The van der Waals surface area contributed by atoms with Crippen LogP contribution in [0, 0.1) is 6.92 Å². The molecule has 1 aliphatic heterocycles. The minimum Gasteiger partial charge on any atom is -0.487 e. The van der Waals surface area contributed by atoms with Gasteiger partial charge in [-0.05, 0) is 77.8 Å². The zero-order valence-corrected chi connectivity index (χ0v) is 23.6. The van der Waals surface area contributed by atoms with E-state index in [4.69, 9.17) is 16.3 Å². The molecular formula is C33H32ClN3O4. The van der Waals surface area contributed by atoms with Crippen LogP contribution in [0.5, 0.6) is 5.75 Å². The van der Waals surface area contributed by atoms with E-state index < -0.39 is 12.0 Å². The van der Waals surface area contributed by atoms with Crippen LogP contribution in [0.4, 0.5) is 0 Å². The van der Waals surface area contributed by atoms with Crippen molar-refractivity contribution in [3.63, 3.8) is 0 Å². The second kappa shape index (κ2) is 13.0. The van der Waals surface area contributed by atoms with Gasteiger partial charge in [0.1, 0.15) is 18.4 Å². The number of aliphatic carboxylic acids is 1. The van der Waals surface area contributed by atoms with Crippen LogP contribution >= 0.6 is 11.6 Å². The highest BCUT2D eigenvalue weighted by Crippen LogP contribution is 2.36. The quantitative estimate of drug-likeness (QED) is 0.257. The highest BCUT2D eigenvalue weighted by molar-refractivity contribution is 6.32. The van der Waals surface area contributed by atoms with Gasteiger partial charge in [0, 0.05) is 31.0 Å². The van der Waals surface area contributed by atoms with Crippen molar-refractivity contribution in [3.8, 4) is 28.0 Å². The van der Waals surface area contributed by atoms with E-state index in [1.165, 1.54) is 0 Å². The maximum absolute atomic E-state index is 12.8. The number of hydrogen-bond acceptors (Lipinski definition) is 5. The summed E-state index contributed by atoms with van der Waals surface area (Å²) < 4.78 is 6.28. The number of nitrogens with one attached hydrogen (secondary N) is 2. The van der Waals surface area contributed by atoms with Crippen molar-refractivity contribution < 1.29 is 19.4 Å². The largest absolute Gasteiger partial charge is 0.487 e. The van der Waals surface area contributed by atoms with Gasteiger partial charge in [-0.3, -0.25) is 14.6 Å². The fraction of sp³-hybridized carbons (Fsp3) is 0.242. The average Bonchev–Trinajstić information content (AvgIpc) is 2.98. The molecule has 0 radical (unpaired) electrons. The van der Waals surface area contributed by atoms with Crippen molar-refractivity contribution in [2.45, 2.75) is 45.4 Å². The molecule has 4 aromatic rings. The number of carboxylic acids is 1. The summed E-state index contributed by atoms with van der Waals surface area (Å²) in [6.45, 7) is 3.13. The number of aromatic nitrogens is 1. The molecule has 0 fully saturated rings. The normalized spacial score (nSPS) is 15.8. The smallest absolute Gasteiger partial charge is 0.320 e. The van der Waals surface area contributed by atoms with Gasteiger partial charge in [0.25, 0.3) is 5.91 Å². The third-order valence-corrected chi connectivity index (χ3v) is 7.72. The number of pyridine rings is 1. The molecule has 0 saturated carbocycles. The highest BCUT2D eigenvalue weighted by atomic mass is 35.5. The number of carboxylic acid groups (broad SMARTS) is 1. The number of fused-ring (bicyclic) bond motifs is 4. The Morgan fingerprint density at radius 3 is 2.61 bits per heavy atom. The van der Waals surface area contributed by atoms with Crippen molar-refractivity contribution in [1.82, 2.24) is 15.6 Å². The van der Waals surface area contributed by atoms with E-state index >= 15 is 0 Å². The first-order valence-electron chi connectivity index (χ1n) is 13.7. The Bertz CT molecular complexity index is 1560. The molecule has 0 saturated heterocycles. The molecule has 8 heteroatoms.